The van der Waals surface area contributed by atoms with Gasteiger partial charge in [0.2, 0.25) is 0 Å². The number of ether oxygens (including phenoxy) is 1. The molecule has 0 bridgehead atoms. The molecule has 2 N–H and O–H groups in total. The lowest BCUT2D eigenvalue weighted by atomic mass is 10.0. The maximum Gasteiger partial charge on any atom is 0.119 e. The van der Waals surface area contributed by atoms with Gasteiger partial charge in [-0.05, 0) is 45.6 Å². The Balaban J connectivity index is 2.71. The van der Waals surface area contributed by atoms with Crippen LogP contribution < -0.4 is 10.1 Å². The monoisotopic (exact) mass is 266 g/mol. The second-order valence-corrected chi connectivity index (χ2v) is 5.70. The Morgan fingerprint density at radius 2 is 2.05 bits per heavy atom. The number of nitrogens with zero attached hydrogens (tertiary/aromatic N) is 1. The van der Waals surface area contributed by atoms with E-state index in [2.05, 4.69) is 36.4 Å². The van der Waals surface area contributed by atoms with Crippen LogP contribution in [0.4, 0.5) is 0 Å². The van der Waals surface area contributed by atoms with Crippen LogP contribution in [0, 0.1) is 0 Å². The third-order valence-electron chi connectivity index (χ3n) is 3.00. The van der Waals surface area contributed by atoms with Gasteiger partial charge >= 0.3 is 0 Å². The zero-order valence-corrected chi connectivity index (χ0v) is 12.6. The van der Waals surface area contributed by atoms with Crippen molar-refractivity contribution >= 4 is 0 Å². The highest BCUT2D eigenvalue weighted by Crippen LogP contribution is 2.22. The van der Waals surface area contributed by atoms with Crippen LogP contribution in [0.3, 0.4) is 0 Å². The van der Waals surface area contributed by atoms with E-state index in [4.69, 9.17) is 4.74 Å². The molecule has 4 heteroatoms. The normalized spacial score (nSPS) is 13.6. The number of rotatable bonds is 7. The van der Waals surface area contributed by atoms with Crippen LogP contribution >= 0.6 is 0 Å². The van der Waals surface area contributed by atoms with Crippen molar-refractivity contribution in [3.8, 4) is 5.75 Å². The first kappa shape index (κ1) is 16.0. The van der Waals surface area contributed by atoms with E-state index in [1.807, 2.05) is 12.1 Å². The molecule has 1 aromatic rings. The van der Waals surface area contributed by atoms with Gasteiger partial charge in [0, 0.05) is 19.1 Å². The van der Waals surface area contributed by atoms with Crippen molar-refractivity contribution in [1.82, 2.24) is 10.2 Å². The fourth-order valence-corrected chi connectivity index (χ4v) is 1.96. The molecule has 0 aliphatic rings. The summed E-state index contributed by atoms with van der Waals surface area (Å²) in [6.07, 6.45) is 0. The second-order valence-electron chi connectivity index (χ2n) is 5.70. The van der Waals surface area contributed by atoms with E-state index >= 15 is 0 Å². The van der Waals surface area contributed by atoms with Crippen LogP contribution in [0.25, 0.3) is 0 Å². The Labute approximate surface area is 116 Å². The lowest BCUT2D eigenvalue weighted by Gasteiger charge is -2.27. The summed E-state index contributed by atoms with van der Waals surface area (Å²) in [5, 5.41) is 13.0. The fraction of sp³-hybridized carbons (Fsp3) is 0.600. The summed E-state index contributed by atoms with van der Waals surface area (Å²) in [7, 11) is 5.78. The van der Waals surface area contributed by atoms with E-state index in [0.29, 0.717) is 6.54 Å². The summed E-state index contributed by atoms with van der Waals surface area (Å²) in [5.41, 5.74) is 0.512. The van der Waals surface area contributed by atoms with Gasteiger partial charge in [-0.3, -0.25) is 0 Å². The Morgan fingerprint density at radius 1 is 1.37 bits per heavy atom. The van der Waals surface area contributed by atoms with E-state index in [0.717, 1.165) is 12.3 Å². The number of methoxy groups -OCH3 is 1. The summed E-state index contributed by atoms with van der Waals surface area (Å²) in [5.74, 6) is 0.867. The average molecular weight is 266 g/mol. The summed E-state index contributed by atoms with van der Waals surface area (Å²) in [6, 6.07) is 8.34. The molecule has 0 aliphatic carbocycles. The van der Waals surface area contributed by atoms with E-state index in [9.17, 15) is 5.11 Å². The third kappa shape index (κ3) is 5.59. The first-order valence-electron chi connectivity index (χ1n) is 6.57. The minimum Gasteiger partial charge on any atom is -0.497 e. The van der Waals surface area contributed by atoms with Crippen LogP contribution in [-0.2, 0) is 0 Å². The van der Waals surface area contributed by atoms with Crippen LogP contribution in [0.5, 0.6) is 5.75 Å². The molecule has 0 aromatic heterocycles. The van der Waals surface area contributed by atoms with Crippen molar-refractivity contribution < 1.29 is 9.84 Å². The number of hydrogen-bond donors (Lipinski definition) is 2. The highest BCUT2D eigenvalue weighted by atomic mass is 16.5. The second kappa shape index (κ2) is 6.89. The van der Waals surface area contributed by atoms with Crippen molar-refractivity contribution in [1.29, 1.82) is 0 Å². The van der Waals surface area contributed by atoms with Crippen molar-refractivity contribution in [2.45, 2.75) is 25.5 Å². The van der Waals surface area contributed by atoms with Gasteiger partial charge in [-0.1, -0.05) is 12.1 Å². The standard InChI is InChI=1S/C15H26N2O2/c1-15(2,18)11-16-10-14(17(3)4)12-7-6-8-13(9-12)19-5/h6-9,14,16,18H,10-11H2,1-5H3. The molecule has 1 rings (SSSR count). The maximum atomic E-state index is 9.73. The molecule has 0 saturated heterocycles. The predicted octanol–water partition coefficient (Wildman–Crippen LogP) is 1.66. The van der Waals surface area contributed by atoms with Gasteiger partial charge in [-0.25, -0.2) is 0 Å². The topological polar surface area (TPSA) is 44.7 Å². The first-order chi connectivity index (χ1) is 8.83. The van der Waals surface area contributed by atoms with Gasteiger partial charge in [0.15, 0.2) is 0 Å². The van der Waals surface area contributed by atoms with Crippen LogP contribution in [0.15, 0.2) is 24.3 Å². The summed E-state index contributed by atoms with van der Waals surface area (Å²) < 4.78 is 5.26. The molecule has 0 saturated carbocycles. The van der Waals surface area contributed by atoms with Gasteiger partial charge < -0.3 is 20.1 Å². The first-order valence-corrected chi connectivity index (χ1v) is 6.57. The SMILES string of the molecule is COc1cccc(C(CNCC(C)(C)O)N(C)C)c1. The molecule has 1 unspecified atom stereocenters. The predicted molar refractivity (Wildman–Crippen MR) is 78.6 cm³/mol. The molecule has 0 aliphatic heterocycles. The zero-order chi connectivity index (χ0) is 14.5. The Morgan fingerprint density at radius 3 is 2.58 bits per heavy atom. The van der Waals surface area contributed by atoms with E-state index in [-0.39, 0.29) is 6.04 Å². The number of benzene rings is 1. The van der Waals surface area contributed by atoms with Gasteiger partial charge in [-0.2, -0.15) is 0 Å². The molecule has 4 nitrogen and oxygen atoms in total. The number of nitrogens with one attached hydrogen (secondary N) is 1. The largest absolute Gasteiger partial charge is 0.497 e. The summed E-state index contributed by atoms with van der Waals surface area (Å²) in [4.78, 5) is 2.16. The van der Waals surface area contributed by atoms with Gasteiger partial charge in [0.1, 0.15) is 5.75 Å². The average Bonchev–Trinajstić information content (AvgIpc) is 2.33. The minimum absolute atomic E-state index is 0.248. The van der Waals surface area contributed by atoms with E-state index < -0.39 is 5.60 Å². The Bertz CT molecular complexity index is 386. The molecule has 0 radical (unpaired) electrons. The quantitative estimate of drug-likeness (QED) is 0.788. The molecular formula is C15H26N2O2. The fourth-order valence-electron chi connectivity index (χ4n) is 1.96. The molecule has 108 valence electrons. The van der Waals surface area contributed by atoms with Crippen molar-refractivity contribution in [3.05, 3.63) is 29.8 Å². The molecule has 0 heterocycles. The van der Waals surface area contributed by atoms with Crippen LogP contribution in [-0.4, -0.2) is 49.9 Å². The van der Waals surface area contributed by atoms with Gasteiger partial charge in [0.05, 0.1) is 12.7 Å². The number of aliphatic hydroxyl groups is 1. The van der Waals surface area contributed by atoms with Crippen molar-refractivity contribution in [3.63, 3.8) is 0 Å². The van der Waals surface area contributed by atoms with Crippen LogP contribution in [0.1, 0.15) is 25.5 Å². The zero-order valence-electron chi connectivity index (χ0n) is 12.6. The van der Waals surface area contributed by atoms with Gasteiger partial charge in [0.25, 0.3) is 0 Å². The van der Waals surface area contributed by atoms with Crippen molar-refractivity contribution in [2.75, 3.05) is 34.3 Å². The molecule has 1 aromatic carbocycles. The molecule has 0 amide bonds. The molecular weight excluding hydrogens is 240 g/mol. The Kier molecular flexibility index (Phi) is 5.79. The highest BCUT2D eigenvalue weighted by Gasteiger charge is 2.17. The maximum absolute atomic E-state index is 9.73. The lowest BCUT2D eigenvalue weighted by Crippen LogP contribution is -2.39. The van der Waals surface area contributed by atoms with E-state index in [1.165, 1.54) is 5.56 Å². The Hall–Kier alpha value is -1.10. The van der Waals surface area contributed by atoms with E-state index in [1.54, 1.807) is 21.0 Å². The highest BCUT2D eigenvalue weighted by molar-refractivity contribution is 5.30. The smallest absolute Gasteiger partial charge is 0.119 e. The summed E-state index contributed by atoms with van der Waals surface area (Å²) in [6.45, 7) is 4.96. The molecule has 0 fully saturated rings. The lowest BCUT2D eigenvalue weighted by molar-refractivity contribution is 0.0777. The molecule has 19 heavy (non-hydrogen) atoms. The molecule has 0 spiro atoms. The van der Waals surface area contributed by atoms with Gasteiger partial charge in [-0.15, -0.1) is 0 Å². The van der Waals surface area contributed by atoms with Crippen LogP contribution in [0.2, 0.25) is 0 Å². The molecule has 1 atom stereocenters. The number of hydrogen-bond acceptors (Lipinski definition) is 4. The third-order valence-corrected chi connectivity index (χ3v) is 3.00. The van der Waals surface area contributed by atoms with Crippen molar-refractivity contribution in [2.24, 2.45) is 0 Å². The summed E-state index contributed by atoms with van der Waals surface area (Å²) >= 11 is 0. The minimum atomic E-state index is -0.689. The number of likely N-dealkylation sites (N-methyl/N-ethyl adjacent to an activating group) is 1.